The summed E-state index contributed by atoms with van der Waals surface area (Å²) in [6.07, 6.45) is 0.222. The fourth-order valence-corrected chi connectivity index (χ4v) is 2.94. The van der Waals surface area contributed by atoms with E-state index in [9.17, 15) is 0 Å². The van der Waals surface area contributed by atoms with Crippen LogP contribution < -0.4 is 0 Å². The van der Waals surface area contributed by atoms with Crippen LogP contribution in [0.3, 0.4) is 0 Å². The fourth-order valence-electron chi connectivity index (χ4n) is 2.41. The molecule has 3 heteroatoms. The molecule has 1 nitrogen and oxygen atoms in total. The van der Waals surface area contributed by atoms with Crippen molar-refractivity contribution in [3.05, 3.63) is 68.6 Å². The number of epoxide rings is 1. The first-order chi connectivity index (χ1) is 8.63. The molecule has 0 amide bonds. The molecule has 0 saturated carbocycles. The predicted molar refractivity (Wildman–Crippen MR) is 79.6 cm³/mol. The SMILES string of the molecule is CC1OC1(c1ccc(Br)cc1)c1ccc(Br)cc1. The average molecular weight is 368 g/mol. The van der Waals surface area contributed by atoms with Gasteiger partial charge < -0.3 is 4.74 Å². The number of ether oxygens (including phenoxy) is 1. The topological polar surface area (TPSA) is 12.5 Å². The van der Waals surface area contributed by atoms with Crippen molar-refractivity contribution in [3.63, 3.8) is 0 Å². The molecule has 1 fully saturated rings. The van der Waals surface area contributed by atoms with Crippen molar-refractivity contribution in [1.29, 1.82) is 0 Å². The molecular formula is C15H12Br2O. The fraction of sp³-hybridized carbons (Fsp3) is 0.200. The number of hydrogen-bond acceptors (Lipinski definition) is 1. The molecule has 18 heavy (non-hydrogen) atoms. The van der Waals surface area contributed by atoms with Crippen LogP contribution in [0.5, 0.6) is 0 Å². The molecule has 0 aromatic heterocycles. The van der Waals surface area contributed by atoms with Crippen molar-refractivity contribution in [2.45, 2.75) is 18.6 Å². The number of benzene rings is 2. The summed E-state index contributed by atoms with van der Waals surface area (Å²) in [5.41, 5.74) is 2.16. The van der Waals surface area contributed by atoms with Gasteiger partial charge in [0.1, 0.15) is 5.60 Å². The average Bonchev–Trinajstić information content (AvgIpc) is 3.04. The quantitative estimate of drug-likeness (QED) is 0.689. The van der Waals surface area contributed by atoms with Gasteiger partial charge in [-0.3, -0.25) is 0 Å². The van der Waals surface area contributed by atoms with Gasteiger partial charge in [0.2, 0.25) is 0 Å². The lowest BCUT2D eigenvalue weighted by Crippen LogP contribution is -2.13. The molecule has 0 bridgehead atoms. The third-order valence-electron chi connectivity index (χ3n) is 3.42. The monoisotopic (exact) mass is 366 g/mol. The molecule has 3 rings (SSSR count). The normalized spacial score (nSPS) is 20.7. The highest BCUT2D eigenvalue weighted by atomic mass is 79.9. The van der Waals surface area contributed by atoms with Crippen molar-refractivity contribution in [3.8, 4) is 0 Å². The Morgan fingerprint density at radius 3 is 1.44 bits per heavy atom. The summed E-state index contributed by atoms with van der Waals surface area (Å²) >= 11 is 6.93. The number of halogens is 2. The molecule has 1 saturated heterocycles. The second-order valence-corrected chi connectivity index (χ2v) is 6.34. The molecular weight excluding hydrogens is 356 g/mol. The third-order valence-corrected chi connectivity index (χ3v) is 4.48. The van der Waals surface area contributed by atoms with E-state index >= 15 is 0 Å². The summed E-state index contributed by atoms with van der Waals surface area (Å²) in [6.45, 7) is 2.12. The van der Waals surface area contributed by atoms with E-state index in [0.717, 1.165) is 8.95 Å². The minimum Gasteiger partial charge on any atom is -0.356 e. The Hall–Kier alpha value is -0.640. The molecule has 2 aromatic carbocycles. The second kappa shape index (κ2) is 4.48. The minimum absolute atomic E-state index is 0.222. The lowest BCUT2D eigenvalue weighted by molar-refractivity contribution is 0.332. The van der Waals surface area contributed by atoms with Crippen LogP contribution in [0.25, 0.3) is 0 Å². The first kappa shape index (κ1) is 12.4. The predicted octanol–water partition coefficient (Wildman–Crippen LogP) is 4.87. The van der Waals surface area contributed by atoms with Crippen molar-refractivity contribution in [2.24, 2.45) is 0 Å². The van der Waals surface area contributed by atoms with Crippen LogP contribution in [0.1, 0.15) is 18.1 Å². The van der Waals surface area contributed by atoms with E-state index < -0.39 is 0 Å². The zero-order valence-corrected chi connectivity index (χ0v) is 13.0. The Morgan fingerprint density at radius 2 is 1.17 bits per heavy atom. The van der Waals surface area contributed by atoms with Gasteiger partial charge in [-0.05, 0) is 42.3 Å². The van der Waals surface area contributed by atoms with E-state index in [1.165, 1.54) is 11.1 Å². The van der Waals surface area contributed by atoms with E-state index in [4.69, 9.17) is 4.74 Å². The molecule has 1 aliphatic heterocycles. The highest BCUT2D eigenvalue weighted by molar-refractivity contribution is 9.10. The molecule has 0 N–H and O–H groups in total. The van der Waals surface area contributed by atoms with E-state index in [-0.39, 0.29) is 11.7 Å². The maximum absolute atomic E-state index is 5.93. The zero-order valence-electron chi connectivity index (χ0n) is 9.86. The maximum atomic E-state index is 5.93. The van der Waals surface area contributed by atoms with Crippen LogP contribution in [0.15, 0.2) is 57.5 Å². The van der Waals surface area contributed by atoms with E-state index in [2.05, 4.69) is 87.3 Å². The van der Waals surface area contributed by atoms with E-state index in [1.807, 2.05) is 0 Å². The van der Waals surface area contributed by atoms with Gasteiger partial charge in [-0.25, -0.2) is 0 Å². The minimum atomic E-state index is -0.262. The Kier molecular flexibility index (Phi) is 3.08. The summed E-state index contributed by atoms with van der Waals surface area (Å²) in [4.78, 5) is 0. The standard InChI is InChI=1S/C15H12Br2O/c1-10-15(18-10,11-2-6-13(16)7-3-11)12-4-8-14(17)9-5-12/h2-10H,1H3. The van der Waals surface area contributed by atoms with Gasteiger partial charge >= 0.3 is 0 Å². The van der Waals surface area contributed by atoms with Gasteiger partial charge in [-0.1, -0.05) is 56.1 Å². The summed E-state index contributed by atoms with van der Waals surface area (Å²) in [5.74, 6) is 0. The molecule has 1 atom stereocenters. The summed E-state index contributed by atoms with van der Waals surface area (Å²) < 4.78 is 8.10. The van der Waals surface area contributed by atoms with Gasteiger partial charge in [-0.15, -0.1) is 0 Å². The molecule has 2 aromatic rings. The Bertz CT molecular complexity index is 515. The van der Waals surface area contributed by atoms with Gasteiger partial charge in [-0.2, -0.15) is 0 Å². The lowest BCUT2D eigenvalue weighted by atomic mass is 9.88. The molecule has 92 valence electrons. The van der Waals surface area contributed by atoms with Crippen molar-refractivity contribution in [1.82, 2.24) is 0 Å². The molecule has 1 unspecified atom stereocenters. The molecule has 1 heterocycles. The maximum Gasteiger partial charge on any atom is 0.144 e. The summed E-state index contributed by atoms with van der Waals surface area (Å²) in [6, 6.07) is 16.7. The van der Waals surface area contributed by atoms with Crippen molar-refractivity contribution >= 4 is 31.9 Å². The third kappa shape index (κ3) is 1.94. The molecule has 0 aliphatic carbocycles. The highest BCUT2D eigenvalue weighted by Gasteiger charge is 2.56. The molecule has 0 radical (unpaired) electrons. The smallest absolute Gasteiger partial charge is 0.144 e. The van der Waals surface area contributed by atoms with Gasteiger partial charge in [0, 0.05) is 8.95 Å². The van der Waals surface area contributed by atoms with Crippen LogP contribution in [-0.4, -0.2) is 6.10 Å². The van der Waals surface area contributed by atoms with Crippen LogP contribution in [0.4, 0.5) is 0 Å². The van der Waals surface area contributed by atoms with Crippen molar-refractivity contribution in [2.75, 3.05) is 0 Å². The number of rotatable bonds is 2. The molecule has 0 spiro atoms. The highest BCUT2D eigenvalue weighted by Crippen LogP contribution is 2.51. The van der Waals surface area contributed by atoms with Crippen LogP contribution >= 0.6 is 31.9 Å². The molecule has 1 aliphatic rings. The Balaban J connectivity index is 2.06. The Morgan fingerprint density at radius 1 is 0.833 bits per heavy atom. The second-order valence-electron chi connectivity index (χ2n) is 4.51. The van der Waals surface area contributed by atoms with Crippen LogP contribution in [0.2, 0.25) is 0 Å². The van der Waals surface area contributed by atoms with Crippen LogP contribution in [0, 0.1) is 0 Å². The van der Waals surface area contributed by atoms with Gasteiger partial charge in [0.05, 0.1) is 6.10 Å². The Labute approximate surface area is 123 Å². The van der Waals surface area contributed by atoms with Gasteiger partial charge in [0.15, 0.2) is 0 Å². The number of hydrogen-bond donors (Lipinski definition) is 0. The first-order valence-corrected chi connectivity index (χ1v) is 7.41. The van der Waals surface area contributed by atoms with E-state index in [1.54, 1.807) is 0 Å². The summed E-state index contributed by atoms with van der Waals surface area (Å²) in [7, 11) is 0. The largest absolute Gasteiger partial charge is 0.356 e. The zero-order chi connectivity index (χ0) is 12.8. The summed E-state index contributed by atoms with van der Waals surface area (Å²) in [5, 5.41) is 0. The lowest BCUT2D eigenvalue weighted by Gasteiger charge is -2.14. The van der Waals surface area contributed by atoms with Gasteiger partial charge in [0.25, 0.3) is 0 Å². The van der Waals surface area contributed by atoms with Crippen molar-refractivity contribution < 1.29 is 4.74 Å². The van der Waals surface area contributed by atoms with E-state index in [0.29, 0.717) is 0 Å². The first-order valence-electron chi connectivity index (χ1n) is 5.83. The van der Waals surface area contributed by atoms with Crippen LogP contribution in [-0.2, 0) is 10.3 Å².